The number of pyridine rings is 1. The van der Waals surface area contributed by atoms with Crippen molar-refractivity contribution < 1.29 is 29.1 Å². The van der Waals surface area contributed by atoms with Gasteiger partial charge in [-0.3, -0.25) is 14.6 Å². The fourth-order valence-corrected chi connectivity index (χ4v) is 3.69. The molecule has 4 rings (SSSR count). The molecule has 156 valence electrons. The molecule has 1 aromatic heterocycles. The highest BCUT2D eigenvalue weighted by molar-refractivity contribution is 6.46. The summed E-state index contributed by atoms with van der Waals surface area (Å²) in [7, 11) is 3.96. The summed E-state index contributed by atoms with van der Waals surface area (Å²) in [5.74, 6) is -0.462. The van der Waals surface area contributed by atoms with Crippen LogP contribution in [0.1, 0.15) is 17.2 Å². The summed E-state index contributed by atoms with van der Waals surface area (Å²) in [5.41, 5.74) is 1.18. The van der Waals surface area contributed by atoms with Crippen molar-refractivity contribution in [2.24, 2.45) is 0 Å². The van der Waals surface area contributed by atoms with Crippen LogP contribution in [0.4, 0.5) is 0 Å². The molecule has 0 saturated carbocycles. The van der Waals surface area contributed by atoms with Crippen molar-refractivity contribution in [2.45, 2.75) is 6.04 Å². The first-order valence-corrected chi connectivity index (χ1v) is 9.84. The number of hydrogen-bond donors (Lipinski definition) is 2. The van der Waals surface area contributed by atoms with E-state index in [1.165, 1.54) is 4.90 Å². The van der Waals surface area contributed by atoms with E-state index in [4.69, 9.17) is 9.47 Å². The number of ether oxygens (including phenoxy) is 2. The van der Waals surface area contributed by atoms with E-state index in [1.807, 2.05) is 14.1 Å². The molecule has 0 unspecified atom stereocenters. The van der Waals surface area contributed by atoms with Gasteiger partial charge in [-0.1, -0.05) is 0 Å². The van der Waals surface area contributed by atoms with E-state index in [0.29, 0.717) is 43.4 Å². The van der Waals surface area contributed by atoms with Crippen LogP contribution < -0.4 is 14.4 Å². The van der Waals surface area contributed by atoms with Gasteiger partial charge in [0.25, 0.3) is 11.7 Å². The molecule has 1 atom stereocenters. The highest BCUT2D eigenvalue weighted by Crippen LogP contribution is 2.40. The van der Waals surface area contributed by atoms with Gasteiger partial charge in [0.1, 0.15) is 19.0 Å². The molecular formula is C22H24N3O5+. The molecule has 0 bridgehead atoms. The van der Waals surface area contributed by atoms with E-state index in [1.54, 1.807) is 42.7 Å². The molecule has 1 fully saturated rings. The molecule has 0 spiro atoms. The van der Waals surface area contributed by atoms with Gasteiger partial charge >= 0.3 is 0 Å². The van der Waals surface area contributed by atoms with Crippen LogP contribution in [0, 0.1) is 0 Å². The Morgan fingerprint density at radius 1 is 1.13 bits per heavy atom. The number of Topliss-reactive ketones (excluding diaryl/α,β-unsaturated/α-hetero) is 1. The van der Waals surface area contributed by atoms with E-state index in [2.05, 4.69) is 4.98 Å². The lowest BCUT2D eigenvalue weighted by Crippen LogP contribution is -3.06. The van der Waals surface area contributed by atoms with E-state index < -0.39 is 17.7 Å². The van der Waals surface area contributed by atoms with Crippen LogP contribution in [-0.2, 0) is 9.59 Å². The average molecular weight is 410 g/mol. The normalized spacial score (nSPS) is 20.1. The number of amides is 1. The summed E-state index contributed by atoms with van der Waals surface area (Å²) in [6.07, 6.45) is 3.22. The van der Waals surface area contributed by atoms with Crippen LogP contribution in [0.2, 0.25) is 0 Å². The lowest BCUT2D eigenvalue weighted by molar-refractivity contribution is -0.857. The number of carbonyl (C=O) groups excluding carboxylic acids is 2. The molecular weight excluding hydrogens is 386 g/mol. The van der Waals surface area contributed by atoms with Crippen LogP contribution in [0.5, 0.6) is 11.5 Å². The molecule has 30 heavy (non-hydrogen) atoms. The van der Waals surface area contributed by atoms with Gasteiger partial charge in [-0.25, -0.2) is 0 Å². The van der Waals surface area contributed by atoms with E-state index in [9.17, 15) is 14.7 Å². The summed E-state index contributed by atoms with van der Waals surface area (Å²) in [6.45, 7) is 1.92. The first-order valence-electron chi connectivity index (χ1n) is 9.84. The highest BCUT2D eigenvalue weighted by atomic mass is 16.6. The van der Waals surface area contributed by atoms with Crippen LogP contribution in [-0.4, -0.2) is 67.1 Å². The van der Waals surface area contributed by atoms with Gasteiger partial charge in [0.05, 0.1) is 38.8 Å². The lowest BCUT2D eigenvalue weighted by Gasteiger charge is -2.25. The Morgan fingerprint density at radius 2 is 1.83 bits per heavy atom. The monoisotopic (exact) mass is 410 g/mol. The molecule has 3 heterocycles. The zero-order valence-corrected chi connectivity index (χ0v) is 16.9. The third-order valence-electron chi connectivity index (χ3n) is 5.23. The Balaban J connectivity index is 1.81. The maximum Gasteiger partial charge on any atom is 0.295 e. The van der Waals surface area contributed by atoms with Crippen molar-refractivity contribution in [3.8, 4) is 11.5 Å². The molecule has 2 N–H and O–H groups in total. The van der Waals surface area contributed by atoms with Crippen molar-refractivity contribution in [2.75, 3.05) is 40.4 Å². The number of aliphatic hydroxyl groups is 1. The number of benzene rings is 1. The minimum Gasteiger partial charge on any atom is -0.507 e. The molecule has 0 aliphatic carbocycles. The minimum atomic E-state index is -0.696. The molecule has 1 amide bonds. The summed E-state index contributed by atoms with van der Waals surface area (Å²) in [5, 5.41) is 11.1. The smallest absolute Gasteiger partial charge is 0.295 e. The number of nitrogens with zero attached hydrogens (tertiary/aromatic N) is 2. The van der Waals surface area contributed by atoms with Crippen LogP contribution >= 0.6 is 0 Å². The summed E-state index contributed by atoms with van der Waals surface area (Å²) >= 11 is 0. The van der Waals surface area contributed by atoms with Gasteiger partial charge in [0.2, 0.25) is 0 Å². The topological polar surface area (TPSA) is 93.4 Å². The van der Waals surface area contributed by atoms with Crippen LogP contribution in [0.3, 0.4) is 0 Å². The number of carbonyl (C=O) groups is 2. The Kier molecular flexibility index (Phi) is 5.41. The van der Waals surface area contributed by atoms with Crippen molar-refractivity contribution in [1.82, 2.24) is 9.88 Å². The molecule has 1 saturated heterocycles. The standard InChI is InChI=1S/C22H23N3O5/c1-24(2)9-10-25-19(14-5-7-23-8-6-14)18(21(27)22(25)28)20(26)15-3-4-16-17(13-15)30-12-11-29-16/h3-8,13,19,26H,9-12H2,1-2H3/p+1/t19-/m0/s1. The van der Waals surface area contributed by atoms with Crippen LogP contribution in [0.25, 0.3) is 5.76 Å². The number of likely N-dealkylation sites (N-methyl/N-ethyl adjacent to an activating group) is 1. The summed E-state index contributed by atoms with van der Waals surface area (Å²) < 4.78 is 11.1. The van der Waals surface area contributed by atoms with Crippen molar-refractivity contribution in [3.05, 3.63) is 59.4 Å². The van der Waals surface area contributed by atoms with Gasteiger partial charge in [0, 0.05) is 18.0 Å². The molecule has 1 aromatic carbocycles. The number of aromatic nitrogens is 1. The Morgan fingerprint density at radius 3 is 2.53 bits per heavy atom. The zero-order valence-electron chi connectivity index (χ0n) is 16.9. The fourth-order valence-electron chi connectivity index (χ4n) is 3.69. The number of likely N-dealkylation sites (tertiary alicyclic amines) is 1. The van der Waals surface area contributed by atoms with Gasteiger partial charge in [-0.15, -0.1) is 0 Å². The first kappa shape index (κ1) is 19.9. The molecule has 8 nitrogen and oxygen atoms in total. The third kappa shape index (κ3) is 3.61. The Hall–Kier alpha value is -3.39. The number of rotatable bonds is 5. The Bertz CT molecular complexity index is 1000. The molecule has 2 aliphatic rings. The lowest BCUT2D eigenvalue weighted by atomic mass is 9.96. The van der Waals surface area contributed by atoms with Gasteiger partial charge < -0.3 is 24.4 Å². The fraction of sp³-hybridized carbons (Fsp3) is 0.318. The van der Waals surface area contributed by atoms with Gasteiger partial charge in [-0.2, -0.15) is 0 Å². The largest absolute Gasteiger partial charge is 0.507 e. The predicted molar refractivity (Wildman–Crippen MR) is 108 cm³/mol. The van der Waals surface area contributed by atoms with E-state index in [-0.39, 0.29) is 11.3 Å². The Labute approximate surface area is 174 Å². The van der Waals surface area contributed by atoms with E-state index >= 15 is 0 Å². The zero-order chi connectivity index (χ0) is 21.3. The molecule has 0 radical (unpaired) electrons. The second kappa shape index (κ2) is 8.16. The van der Waals surface area contributed by atoms with Gasteiger partial charge in [0.15, 0.2) is 11.5 Å². The highest BCUT2D eigenvalue weighted by Gasteiger charge is 2.46. The van der Waals surface area contributed by atoms with Crippen LogP contribution in [0.15, 0.2) is 48.3 Å². The second-order valence-corrected chi connectivity index (χ2v) is 7.59. The average Bonchev–Trinajstić information content (AvgIpc) is 3.02. The quantitative estimate of drug-likeness (QED) is 0.422. The maximum atomic E-state index is 13.0. The molecule has 2 aliphatic heterocycles. The number of aliphatic hydroxyl groups excluding tert-OH is 1. The summed E-state index contributed by atoms with van der Waals surface area (Å²) in [6, 6.07) is 7.80. The number of ketones is 1. The SMILES string of the molecule is C[NH+](C)CCN1C(=O)C(=O)C(=C(O)c2ccc3c(c2)OCCO3)[C@@H]1c1ccncc1. The number of hydrogen-bond acceptors (Lipinski definition) is 6. The van der Waals surface area contributed by atoms with E-state index in [0.717, 1.165) is 10.5 Å². The maximum absolute atomic E-state index is 13.0. The molecule has 2 aromatic rings. The minimum absolute atomic E-state index is 0.0663. The van der Waals surface area contributed by atoms with Crippen molar-refractivity contribution in [1.29, 1.82) is 0 Å². The number of quaternary nitrogens is 1. The number of nitrogens with one attached hydrogen (secondary N) is 1. The summed E-state index contributed by atoms with van der Waals surface area (Å²) in [4.78, 5) is 32.5. The predicted octanol–water partition coefficient (Wildman–Crippen LogP) is 0.419. The van der Waals surface area contributed by atoms with Crippen molar-refractivity contribution >= 4 is 17.4 Å². The number of fused-ring (bicyclic) bond motifs is 1. The molecule has 8 heteroatoms. The second-order valence-electron chi connectivity index (χ2n) is 7.59. The van der Waals surface area contributed by atoms with Gasteiger partial charge in [-0.05, 0) is 35.9 Å². The first-order chi connectivity index (χ1) is 14.5. The van der Waals surface area contributed by atoms with Crippen molar-refractivity contribution in [3.63, 3.8) is 0 Å². The third-order valence-corrected chi connectivity index (χ3v) is 5.23.